The number of piperidine rings is 1. The fourth-order valence-corrected chi connectivity index (χ4v) is 6.63. The Kier molecular flexibility index (Phi) is 5.70. The minimum Gasteiger partial charge on any atom is -0.497 e. The molecule has 3 aliphatic rings. The summed E-state index contributed by atoms with van der Waals surface area (Å²) in [5.74, 6) is 1.21. The van der Waals surface area contributed by atoms with Gasteiger partial charge in [0.1, 0.15) is 5.75 Å². The molecule has 174 valence electrons. The molecule has 6 heteroatoms. The molecule has 1 saturated carbocycles. The van der Waals surface area contributed by atoms with E-state index in [-0.39, 0.29) is 29.9 Å². The summed E-state index contributed by atoms with van der Waals surface area (Å²) < 4.78 is 7.74. The number of methoxy groups -OCH3 is 1. The number of benzene rings is 1. The molecule has 5 rings (SSSR count). The summed E-state index contributed by atoms with van der Waals surface area (Å²) in [6, 6.07) is 6.03. The standard InChI is InChI=1S/C26H37N3O3/c1-27-13-11-26(12-14-27)17-29(25(31)18-7-5-4-6-8-18)22(16-30)24-23(26)20-10-9-19(32-3)15-21(20)28(24)2/h9-10,15,18,22,30H,4-8,11-14,16-17H2,1-3H3/t22-/m1/s1. The van der Waals surface area contributed by atoms with E-state index in [0.717, 1.165) is 75.1 Å². The van der Waals surface area contributed by atoms with Gasteiger partial charge in [-0.25, -0.2) is 0 Å². The monoisotopic (exact) mass is 439 g/mol. The van der Waals surface area contributed by atoms with Gasteiger partial charge in [0.2, 0.25) is 5.91 Å². The van der Waals surface area contributed by atoms with Gasteiger partial charge in [-0.05, 0) is 63.5 Å². The maximum Gasteiger partial charge on any atom is 0.226 e. The second kappa shape index (κ2) is 8.38. The Bertz CT molecular complexity index is 999. The molecule has 0 radical (unpaired) electrons. The number of aromatic nitrogens is 1. The van der Waals surface area contributed by atoms with Crippen molar-refractivity contribution in [1.29, 1.82) is 0 Å². The summed E-state index contributed by atoms with van der Waals surface area (Å²) in [4.78, 5) is 18.3. The number of nitrogens with zero attached hydrogens (tertiary/aromatic N) is 3. The van der Waals surface area contributed by atoms with Crippen LogP contribution in [-0.2, 0) is 17.3 Å². The van der Waals surface area contributed by atoms with E-state index in [1.54, 1.807) is 7.11 Å². The molecule has 1 amide bonds. The molecule has 0 bridgehead atoms. The predicted octanol–water partition coefficient (Wildman–Crippen LogP) is 3.61. The molecule has 1 spiro atoms. The van der Waals surface area contributed by atoms with Crippen molar-refractivity contribution in [3.05, 3.63) is 29.5 Å². The van der Waals surface area contributed by atoms with Gasteiger partial charge in [-0.15, -0.1) is 0 Å². The molecule has 6 nitrogen and oxygen atoms in total. The lowest BCUT2D eigenvalue weighted by atomic mass is 9.68. The molecule has 32 heavy (non-hydrogen) atoms. The van der Waals surface area contributed by atoms with Crippen LogP contribution in [0.2, 0.25) is 0 Å². The molecule has 3 heterocycles. The molecule has 1 aliphatic carbocycles. The first-order chi connectivity index (χ1) is 15.5. The summed E-state index contributed by atoms with van der Waals surface area (Å²) in [5, 5.41) is 11.8. The second-order valence-electron chi connectivity index (χ2n) is 10.3. The quantitative estimate of drug-likeness (QED) is 0.794. The largest absolute Gasteiger partial charge is 0.497 e. The van der Waals surface area contributed by atoms with Crippen LogP contribution in [0.25, 0.3) is 10.9 Å². The molecule has 1 N–H and O–H groups in total. The number of rotatable bonds is 3. The molecule has 2 fully saturated rings. The number of fused-ring (bicyclic) bond motifs is 4. The van der Waals surface area contributed by atoms with Crippen LogP contribution >= 0.6 is 0 Å². The molecule has 2 aromatic rings. The van der Waals surface area contributed by atoms with Gasteiger partial charge in [0.25, 0.3) is 0 Å². The van der Waals surface area contributed by atoms with E-state index in [9.17, 15) is 9.90 Å². The number of amides is 1. The zero-order valence-electron chi connectivity index (χ0n) is 19.8. The number of hydrogen-bond donors (Lipinski definition) is 1. The van der Waals surface area contributed by atoms with Gasteiger partial charge in [0.05, 0.1) is 25.3 Å². The topological polar surface area (TPSA) is 57.9 Å². The van der Waals surface area contributed by atoms with Crippen LogP contribution in [0, 0.1) is 5.92 Å². The van der Waals surface area contributed by atoms with Crippen molar-refractivity contribution in [1.82, 2.24) is 14.4 Å². The van der Waals surface area contributed by atoms with Gasteiger partial charge in [0.15, 0.2) is 0 Å². The minimum atomic E-state index is -0.284. The summed E-state index contributed by atoms with van der Waals surface area (Å²) in [5.41, 5.74) is 3.54. The molecule has 1 aromatic carbocycles. The Labute approximate surface area is 191 Å². The lowest BCUT2D eigenvalue weighted by Crippen LogP contribution is -2.56. The van der Waals surface area contributed by atoms with Gasteiger partial charge in [-0.3, -0.25) is 4.79 Å². The van der Waals surface area contributed by atoms with Crippen molar-refractivity contribution in [3.8, 4) is 5.75 Å². The van der Waals surface area contributed by atoms with E-state index in [0.29, 0.717) is 0 Å². The average molecular weight is 440 g/mol. The molecule has 0 unspecified atom stereocenters. The minimum absolute atomic E-state index is 0.0389. The summed E-state index contributed by atoms with van der Waals surface area (Å²) in [6.07, 6.45) is 7.57. The summed E-state index contributed by atoms with van der Waals surface area (Å²) >= 11 is 0. The Balaban J connectivity index is 1.67. The van der Waals surface area contributed by atoms with Crippen LogP contribution in [-0.4, -0.2) is 65.8 Å². The Morgan fingerprint density at radius 1 is 1.16 bits per heavy atom. The highest BCUT2D eigenvalue weighted by Gasteiger charge is 2.49. The van der Waals surface area contributed by atoms with E-state index >= 15 is 0 Å². The van der Waals surface area contributed by atoms with Crippen molar-refractivity contribution in [2.75, 3.05) is 40.4 Å². The smallest absolute Gasteiger partial charge is 0.226 e. The van der Waals surface area contributed by atoms with E-state index < -0.39 is 0 Å². The number of carbonyl (C=O) groups excluding carboxylic acids is 1. The van der Waals surface area contributed by atoms with Crippen LogP contribution in [0.4, 0.5) is 0 Å². The highest BCUT2D eigenvalue weighted by molar-refractivity contribution is 5.90. The van der Waals surface area contributed by atoms with E-state index in [4.69, 9.17) is 4.74 Å². The average Bonchev–Trinajstić information content (AvgIpc) is 3.13. The first-order valence-corrected chi connectivity index (χ1v) is 12.3. The zero-order chi connectivity index (χ0) is 22.5. The summed E-state index contributed by atoms with van der Waals surface area (Å²) in [6.45, 7) is 2.74. The van der Waals surface area contributed by atoms with Crippen LogP contribution in [0.15, 0.2) is 18.2 Å². The number of aliphatic hydroxyl groups excluding tert-OH is 1. The maximum atomic E-state index is 13.8. The number of hydrogen-bond acceptors (Lipinski definition) is 4. The van der Waals surface area contributed by atoms with E-state index in [2.05, 4.69) is 40.6 Å². The third-order valence-electron chi connectivity index (χ3n) is 8.50. The molecule has 1 atom stereocenters. The van der Waals surface area contributed by atoms with Crippen LogP contribution in [0.3, 0.4) is 0 Å². The van der Waals surface area contributed by atoms with Gasteiger partial charge >= 0.3 is 0 Å². The highest BCUT2D eigenvalue weighted by atomic mass is 16.5. The van der Waals surface area contributed by atoms with Crippen molar-refractivity contribution < 1.29 is 14.6 Å². The molecular formula is C26H37N3O3. The predicted molar refractivity (Wildman–Crippen MR) is 126 cm³/mol. The lowest BCUT2D eigenvalue weighted by Gasteiger charge is -2.51. The SMILES string of the molecule is COc1ccc2c3c(n(C)c2c1)[C@@H](CO)N(C(=O)C1CCCCC1)CC31CCN(C)CC1. The van der Waals surface area contributed by atoms with E-state index in [1.807, 2.05) is 6.07 Å². The lowest BCUT2D eigenvalue weighted by molar-refractivity contribution is -0.143. The van der Waals surface area contributed by atoms with Gasteiger partial charge in [-0.1, -0.05) is 19.3 Å². The summed E-state index contributed by atoms with van der Waals surface area (Å²) in [7, 11) is 5.97. The maximum absolute atomic E-state index is 13.8. The van der Waals surface area contributed by atoms with Crippen molar-refractivity contribution in [2.24, 2.45) is 13.0 Å². The Hall–Kier alpha value is -2.05. The van der Waals surface area contributed by atoms with Gasteiger partial charge < -0.3 is 24.2 Å². The Morgan fingerprint density at radius 2 is 1.88 bits per heavy atom. The second-order valence-corrected chi connectivity index (χ2v) is 10.3. The van der Waals surface area contributed by atoms with Gasteiger partial charge in [-0.2, -0.15) is 0 Å². The fraction of sp³-hybridized carbons (Fsp3) is 0.654. The Morgan fingerprint density at radius 3 is 2.53 bits per heavy atom. The first-order valence-electron chi connectivity index (χ1n) is 12.3. The van der Waals surface area contributed by atoms with Crippen LogP contribution in [0.5, 0.6) is 5.75 Å². The zero-order valence-corrected chi connectivity index (χ0v) is 19.8. The molecule has 2 aliphatic heterocycles. The highest BCUT2D eigenvalue weighted by Crippen LogP contribution is 2.50. The van der Waals surface area contributed by atoms with Crippen molar-refractivity contribution in [3.63, 3.8) is 0 Å². The molecule has 1 saturated heterocycles. The molecular weight excluding hydrogens is 402 g/mol. The fourth-order valence-electron chi connectivity index (χ4n) is 6.63. The van der Waals surface area contributed by atoms with Gasteiger partial charge in [0, 0.05) is 42.1 Å². The third-order valence-corrected chi connectivity index (χ3v) is 8.50. The van der Waals surface area contributed by atoms with Crippen LogP contribution < -0.4 is 4.74 Å². The number of carbonyl (C=O) groups is 1. The number of likely N-dealkylation sites (tertiary alicyclic amines) is 1. The van der Waals surface area contributed by atoms with E-state index in [1.165, 1.54) is 17.4 Å². The van der Waals surface area contributed by atoms with Crippen LogP contribution in [0.1, 0.15) is 62.2 Å². The number of aryl methyl sites for hydroxylation is 1. The third kappa shape index (κ3) is 3.34. The normalized spacial score (nSPS) is 24.1. The first kappa shape index (κ1) is 21.8. The number of ether oxygens (including phenoxy) is 1. The van der Waals surface area contributed by atoms with Crippen molar-refractivity contribution in [2.45, 2.75) is 56.4 Å². The number of aliphatic hydroxyl groups is 1. The molecule has 1 aromatic heterocycles. The van der Waals surface area contributed by atoms with Crippen molar-refractivity contribution >= 4 is 16.8 Å².